The van der Waals surface area contributed by atoms with Crippen LogP contribution in [0.4, 0.5) is 5.69 Å². The Hall–Kier alpha value is -1.29. The van der Waals surface area contributed by atoms with Crippen LogP contribution in [0.3, 0.4) is 0 Å². The molecule has 2 heterocycles. The quantitative estimate of drug-likeness (QED) is 0.852. The van der Waals surface area contributed by atoms with Crippen LogP contribution in [0, 0.1) is 6.92 Å². The highest BCUT2D eigenvalue weighted by molar-refractivity contribution is 5.85. The van der Waals surface area contributed by atoms with Gasteiger partial charge in [-0.2, -0.15) is 0 Å². The van der Waals surface area contributed by atoms with Crippen molar-refractivity contribution in [2.45, 2.75) is 13.5 Å². The smallest absolute Gasteiger partial charge is 0.0547 e. The highest BCUT2D eigenvalue weighted by atomic mass is 35.5. The van der Waals surface area contributed by atoms with E-state index in [1.165, 1.54) is 11.4 Å². The molecule has 0 radical (unpaired) electrons. The van der Waals surface area contributed by atoms with Gasteiger partial charge in [-0.05, 0) is 31.2 Å². The van der Waals surface area contributed by atoms with Crippen LogP contribution in [0.5, 0.6) is 0 Å². The molecule has 0 bridgehead atoms. The molecular weight excluding hydrogens is 317 g/mol. The van der Waals surface area contributed by atoms with Crippen molar-refractivity contribution < 1.29 is 0 Å². The van der Waals surface area contributed by atoms with E-state index in [9.17, 15) is 0 Å². The molecule has 0 N–H and O–H groups in total. The SMILES string of the molecule is Cc1cccc(CN2CCN(c3ccccc3)CC2)n1.Cl.Cl. The number of benzene rings is 1. The zero-order valence-electron chi connectivity index (χ0n) is 12.8. The normalized spacial score (nSPS) is 14.9. The predicted octanol–water partition coefficient (Wildman–Crippen LogP) is 3.56. The number of anilines is 1. The van der Waals surface area contributed by atoms with Crippen molar-refractivity contribution in [1.29, 1.82) is 0 Å². The van der Waals surface area contributed by atoms with E-state index in [2.05, 4.69) is 70.2 Å². The Labute approximate surface area is 145 Å². The largest absolute Gasteiger partial charge is 0.369 e. The molecule has 120 valence electrons. The second-order valence-electron chi connectivity index (χ2n) is 5.37. The second-order valence-corrected chi connectivity index (χ2v) is 5.37. The Morgan fingerprint density at radius 2 is 1.55 bits per heavy atom. The third kappa shape index (κ3) is 4.87. The van der Waals surface area contributed by atoms with Gasteiger partial charge in [0, 0.05) is 44.1 Å². The Balaban J connectivity index is 0.00000121. The van der Waals surface area contributed by atoms with Gasteiger partial charge in [0.1, 0.15) is 0 Å². The van der Waals surface area contributed by atoms with E-state index in [0.717, 1.165) is 38.4 Å². The number of piperazine rings is 1. The van der Waals surface area contributed by atoms with Crippen LogP contribution in [0.2, 0.25) is 0 Å². The van der Waals surface area contributed by atoms with Gasteiger partial charge in [-0.25, -0.2) is 0 Å². The van der Waals surface area contributed by atoms with Crippen LogP contribution in [0.1, 0.15) is 11.4 Å². The van der Waals surface area contributed by atoms with Crippen molar-refractivity contribution in [2.24, 2.45) is 0 Å². The minimum atomic E-state index is 0. The van der Waals surface area contributed by atoms with Crippen LogP contribution in [0.15, 0.2) is 48.5 Å². The minimum Gasteiger partial charge on any atom is -0.369 e. The number of halogens is 2. The third-order valence-electron chi connectivity index (χ3n) is 3.83. The first-order valence-corrected chi connectivity index (χ1v) is 7.26. The maximum atomic E-state index is 4.59. The molecule has 2 aromatic rings. The monoisotopic (exact) mass is 339 g/mol. The van der Waals surface area contributed by atoms with E-state index in [0.29, 0.717) is 0 Å². The number of aromatic nitrogens is 1. The molecule has 3 nitrogen and oxygen atoms in total. The average Bonchev–Trinajstić information content (AvgIpc) is 2.49. The lowest BCUT2D eigenvalue weighted by Crippen LogP contribution is -2.46. The molecule has 1 aromatic carbocycles. The molecule has 0 aliphatic carbocycles. The third-order valence-corrected chi connectivity index (χ3v) is 3.83. The van der Waals surface area contributed by atoms with Crippen molar-refractivity contribution in [1.82, 2.24) is 9.88 Å². The zero-order valence-corrected chi connectivity index (χ0v) is 14.4. The van der Waals surface area contributed by atoms with Crippen LogP contribution in [-0.2, 0) is 6.54 Å². The van der Waals surface area contributed by atoms with Crippen molar-refractivity contribution in [3.05, 3.63) is 59.9 Å². The molecule has 1 aliphatic rings. The van der Waals surface area contributed by atoms with E-state index in [1.807, 2.05) is 0 Å². The number of nitrogens with zero attached hydrogens (tertiary/aromatic N) is 3. The number of hydrogen-bond acceptors (Lipinski definition) is 3. The van der Waals surface area contributed by atoms with Crippen LogP contribution >= 0.6 is 24.8 Å². The lowest BCUT2D eigenvalue weighted by Gasteiger charge is -2.36. The fraction of sp³-hybridized carbons (Fsp3) is 0.353. The van der Waals surface area contributed by atoms with E-state index < -0.39 is 0 Å². The number of aryl methyl sites for hydroxylation is 1. The number of hydrogen-bond donors (Lipinski definition) is 0. The van der Waals surface area contributed by atoms with Gasteiger partial charge in [0.05, 0.1) is 5.69 Å². The molecule has 1 saturated heterocycles. The maximum absolute atomic E-state index is 4.59. The molecule has 1 aromatic heterocycles. The first kappa shape index (κ1) is 18.8. The second kappa shape index (κ2) is 8.99. The molecule has 1 aliphatic heterocycles. The lowest BCUT2D eigenvalue weighted by atomic mass is 10.2. The summed E-state index contributed by atoms with van der Waals surface area (Å²) in [5.74, 6) is 0. The number of pyridine rings is 1. The van der Waals surface area contributed by atoms with Crippen LogP contribution in [-0.4, -0.2) is 36.1 Å². The number of rotatable bonds is 3. The van der Waals surface area contributed by atoms with Crippen molar-refractivity contribution in [3.63, 3.8) is 0 Å². The van der Waals surface area contributed by atoms with Gasteiger partial charge in [0.2, 0.25) is 0 Å². The summed E-state index contributed by atoms with van der Waals surface area (Å²) in [6.45, 7) is 7.40. The van der Waals surface area contributed by atoms with Crippen molar-refractivity contribution in [3.8, 4) is 0 Å². The Kier molecular flexibility index (Phi) is 7.66. The van der Waals surface area contributed by atoms with E-state index in [-0.39, 0.29) is 24.8 Å². The van der Waals surface area contributed by atoms with Gasteiger partial charge < -0.3 is 4.90 Å². The van der Waals surface area contributed by atoms with E-state index in [1.54, 1.807) is 0 Å². The standard InChI is InChI=1S/C17H21N3.2ClH/c1-15-6-5-7-16(18-15)14-19-10-12-20(13-11-19)17-8-3-2-4-9-17;;/h2-9H,10-14H2,1H3;2*1H. The lowest BCUT2D eigenvalue weighted by molar-refractivity contribution is 0.247. The summed E-state index contributed by atoms with van der Waals surface area (Å²) in [5, 5.41) is 0. The van der Waals surface area contributed by atoms with Gasteiger partial charge in [-0.3, -0.25) is 9.88 Å². The molecule has 0 atom stereocenters. The highest BCUT2D eigenvalue weighted by Gasteiger charge is 2.17. The van der Waals surface area contributed by atoms with Crippen molar-refractivity contribution >= 4 is 30.5 Å². The topological polar surface area (TPSA) is 19.4 Å². The predicted molar refractivity (Wildman–Crippen MR) is 97.4 cm³/mol. The zero-order chi connectivity index (χ0) is 13.8. The fourth-order valence-electron chi connectivity index (χ4n) is 2.72. The summed E-state index contributed by atoms with van der Waals surface area (Å²) in [4.78, 5) is 9.54. The molecular formula is C17H23Cl2N3. The van der Waals surface area contributed by atoms with Crippen LogP contribution in [0.25, 0.3) is 0 Å². The van der Waals surface area contributed by atoms with Gasteiger partial charge in [-0.15, -0.1) is 24.8 Å². The highest BCUT2D eigenvalue weighted by Crippen LogP contribution is 2.16. The summed E-state index contributed by atoms with van der Waals surface area (Å²) in [6.07, 6.45) is 0. The summed E-state index contributed by atoms with van der Waals surface area (Å²) >= 11 is 0. The number of para-hydroxylation sites is 1. The molecule has 22 heavy (non-hydrogen) atoms. The van der Waals surface area contributed by atoms with Crippen molar-refractivity contribution in [2.75, 3.05) is 31.1 Å². The summed E-state index contributed by atoms with van der Waals surface area (Å²) in [6, 6.07) is 16.9. The molecule has 0 unspecified atom stereocenters. The molecule has 1 fully saturated rings. The Bertz CT molecular complexity index is 555. The van der Waals surface area contributed by atoms with E-state index >= 15 is 0 Å². The molecule has 3 rings (SSSR count). The van der Waals surface area contributed by atoms with Gasteiger partial charge in [-0.1, -0.05) is 24.3 Å². The first-order valence-electron chi connectivity index (χ1n) is 7.26. The molecule has 0 amide bonds. The minimum absolute atomic E-state index is 0. The summed E-state index contributed by atoms with van der Waals surface area (Å²) in [7, 11) is 0. The van der Waals surface area contributed by atoms with Gasteiger partial charge in [0.25, 0.3) is 0 Å². The molecule has 0 saturated carbocycles. The Morgan fingerprint density at radius 3 is 2.18 bits per heavy atom. The fourth-order valence-corrected chi connectivity index (χ4v) is 2.72. The van der Waals surface area contributed by atoms with E-state index in [4.69, 9.17) is 0 Å². The molecule has 5 heteroatoms. The maximum Gasteiger partial charge on any atom is 0.0547 e. The summed E-state index contributed by atoms with van der Waals surface area (Å²) in [5.41, 5.74) is 3.62. The summed E-state index contributed by atoms with van der Waals surface area (Å²) < 4.78 is 0. The molecule has 0 spiro atoms. The van der Waals surface area contributed by atoms with Crippen LogP contribution < -0.4 is 4.90 Å². The first-order chi connectivity index (χ1) is 9.81. The Morgan fingerprint density at radius 1 is 0.864 bits per heavy atom. The average molecular weight is 340 g/mol. The van der Waals surface area contributed by atoms with Gasteiger partial charge in [0.15, 0.2) is 0 Å². The van der Waals surface area contributed by atoms with Gasteiger partial charge >= 0.3 is 0 Å².